The number of hydrogen-bond acceptors (Lipinski definition) is 2. The van der Waals surface area contributed by atoms with Crippen molar-refractivity contribution >= 4 is 5.69 Å². The van der Waals surface area contributed by atoms with Crippen LogP contribution in [0.25, 0.3) is 0 Å². The van der Waals surface area contributed by atoms with Crippen LogP contribution in [0.4, 0.5) is 5.69 Å². The van der Waals surface area contributed by atoms with Gasteiger partial charge in [-0.25, -0.2) is 0 Å². The van der Waals surface area contributed by atoms with Crippen molar-refractivity contribution in [3.05, 3.63) is 29.8 Å². The zero-order valence-corrected chi connectivity index (χ0v) is 10.7. The minimum absolute atomic E-state index is 0.326. The molecule has 2 heteroatoms. The Labute approximate surface area is 104 Å². The molecule has 0 aliphatic carbocycles. The van der Waals surface area contributed by atoms with Crippen molar-refractivity contribution in [1.29, 1.82) is 0 Å². The lowest BCUT2D eigenvalue weighted by atomic mass is 9.94. The fourth-order valence-corrected chi connectivity index (χ4v) is 2.71. The maximum atomic E-state index is 8.79. The Hall–Kier alpha value is -1.02. The number of aliphatic hydroxyl groups excluding tert-OH is 1. The minimum atomic E-state index is 0.326. The van der Waals surface area contributed by atoms with Crippen molar-refractivity contribution in [2.24, 2.45) is 5.92 Å². The van der Waals surface area contributed by atoms with Gasteiger partial charge < -0.3 is 10.0 Å². The van der Waals surface area contributed by atoms with E-state index in [1.54, 1.807) is 0 Å². The van der Waals surface area contributed by atoms with E-state index >= 15 is 0 Å². The Morgan fingerprint density at radius 1 is 1.24 bits per heavy atom. The van der Waals surface area contributed by atoms with Gasteiger partial charge in [-0.1, -0.05) is 25.1 Å². The van der Waals surface area contributed by atoms with E-state index in [2.05, 4.69) is 36.1 Å². The molecule has 1 aromatic carbocycles. The van der Waals surface area contributed by atoms with Gasteiger partial charge in [0.2, 0.25) is 0 Å². The van der Waals surface area contributed by atoms with Crippen LogP contribution in [0.2, 0.25) is 0 Å². The molecule has 1 unspecified atom stereocenters. The summed E-state index contributed by atoms with van der Waals surface area (Å²) in [5, 5.41) is 8.79. The van der Waals surface area contributed by atoms with Crippen LogP contribution in [-0.2, 0) is 6.42 Å². The first kappa shape index (κ1) is 12.4. The number of para-hydroxylation sites is 1. The molecule has 1 aliphatic heterocycles. The SMILES string of the molecule is CC1Cc2ccccc2N(CCCCCO)C1. The average Bonchev–Trinajstić information content (AvgIpc) is 2.34. The highest BCUT2D eigenvalue weighted by Gasteiger charge is 2.20. The number of hydrogen-bond donors (Lipinski definition) is 1. The smallest absolute Gasteiger partial charge is 0.0431 e. The molecule has 17 heavy (non-hydrogen) atoms. The van der Waals surface area contributed by atoms with E-state index in [9.17, 15) is 0 Å². The third-order valence-electron chi connectivity index (χ3n) is 3.52. The molecule has 0 fully saturated rings. The zero-order valence-electron chi connectivity index (χ0n) is 10.7. The van der Waals surface area contributed by atoms with E-state index in [4.69, 9.17) is 5.11 Å². The monoisotopic (exact) mass is 233 g/mol. The van der Waals surface area contributed by atoms with E-state index in [1.165, 1.54) is 30.6 Å². The van der Waals surface area contributed by atoms with Crippen molar-refractivity contribution in [3.8, 4) is 0 Å². The summed E-state index contributed by atoms with van der Waals surface area (Å²) in [7, 11) is 0. The van der Waals surface area contributed by atoms with Crippen LogP contribution in [0.15, 0.2) is 24.3 Å². The molecule has 1 heterocycles. The maximum Gasteiger partial charge on any atom is 0.0431 e. The van der Waals surface area contributed by atoms with Crippen LogP contribution in [0.3, 0.4) is 0 Å². The molecule has 0 amide bonds. The minimum Gasteiger partial charge on any atom is -0.396 e. The molecule has 0 saturated carbocycles. The maximum absolute atomic E-state index is 8.79. The number of fused-ring (bicyclic) bond motifs is 1. The summed E-state index contributed by atoms with van der Waals surface area (Å²) >= 11 is 0. The third-order valence-corrected chi connectivity index (χ3v) is 3.52. The number of aliphatic hydroxyl groups is 1. The molecule has 1 aliphatic rings. The summed E-state index contributed by atoms with van der Waals surface area (Å²) < 4.78 is 0. The summed E-state index contributed by atoms with van der Waals surface area (Å²) in [6.45, 7) is 4.96. The average molecular weight is 233 g/mol. The van der Waals surface area contributed by atoms with Gasteiger partial charge in [-0.3, -0.25) is 0 Å². The Morgan fingerprint density at radius 2 is 2.06 bits per heavy atom. The van der Waals surface area contributed by atoms with Gasteiger partial charge in [0.25, 0.3) is 0 Å². The third kappa shape index (κ3) is 3.22. The Kier molecular flexibility index (Phi) is 4.43. The first-order chi connectivity index (χ1) is 8.31. The van der Waals surface area contributed by atoms with Crippen molar-refractivity contribution in [1.82, 2.24) is 0 Å². The van der Waals surface area contributed by atoms with E-state index < -0.39 is 0 Å². The van der Waals surface area contributed by atoms with Gasteiger partial charge in [0.1, 0.15) is 0 Å². The topological polar surface area (TPSA) is 23.5 Å². The molecule has 94 valence electrons. The standard InChI is InChI=1S/C15H23NO/c1-13-11-14-7-3-4-8-15(14)16(12-13)9-5-2-6-10-17/h3-4,7-8,13,17H,2,5-6,9-12H2,1H3. The quantitative estimate of drug-likeness (QED) is 0.791. The fraction of sp³-hybridized carbons (Fsp3) is 0.600. The van der Waals surface area contributed by atoms with Gasteiger partial charge in [0.15, 0.2) is 0 Å². The molecule has 0 spiro atoms. The molecule has 0 bridgehead atoms. The van der Waals surface area contributed by atoms with Crippen LogP contribution in [0.5, 0.6) is 0 Å². The van der Waals surface area contributed by atoms with Crippen LogP contribution < -0.4 is 4.90 Å². The van der Waals surface area contributed by atoms with Gasteiger partial charge in [-0.2, -0.15) is 0 Å². The second-order valence-corrected chi connectivity index (χ2v) is 5.17. The molecule has 2 rings (SSSR count). The second-order valence-electron chi connectivity index (χ2n) is 5.17. The summed E-state index contributed by atoms with van der Waals surface area (Å²) in [4.78, 5) is 2.51. The summed E-state index contributed by atoms with van der Waals surface area (Å²) in [6.07, 6.45) is 4.46. The molecule has 0 saturated heterocycles. The van der Waals surface area contributed by atoms with Gasteiger partial charge in [-0.05, 0) is 43.2 Å². The molecule has 2 nitrogen and oxygen atoms in total. The van der Waals surface area contributed by atoms with E-state index in [1.807, 2.05) is 0 Å². The highest BCUT2D eigenvalue weighted by Crippen LogP contribution is 2.29. The van der Waals surface area contributed by atoms with E-state index in [0.29, 0.717) is 6.61 Å². The molecule has 1 aromatic rings. The van der Waals surface area contributed by atoms with Gasteiger partial charge in [0, 0.05) is 25.4 Å². The normalized spacial score (nSPS) is 19.2. The van der Waals surface area contributed by atoms with Crippen LogP contribution in [0.1, 0.15) is 31.7 Å². The molecular formula is C15H23NO. The largest absolute Gasteiger partial charge is 0.396 e. The molecule has 0 radical (unpaired) electrons. The molecule has 0 aromatic heterocycles. The number of rotatable bonds is 5. The van der Waals surface area contributed by atoms with Crippen molar-refractivity contribution in [2.75, 3.05) is 24.6 Å². The molecular weight excluding hydrogens is 210 g/mol. The van der Waals surface area contributed by atoms with E-state index in [-0.39, 0.29) is 0 Å². The Bertz CT molecular complexity index is 351. The lowest BCUT2D eigenvalue weighted by Gasteiger charge is -2.35. The van der Waals surface area contributed by atoms with Crippen molar-refractivity contribution in [3.63, 3.8) is 0 Å². The summed E-state index contributed by atoms with van der Waals surface area (Å²) in [5.41, 5.74) is 2.92. The van der Waals surface area contributed by atoms with Crippen molar-refractivity contribution in [2.45, 2.75) is 32.6 Å². The van der Waals surface area contributed by atoms with Gasteiger partial charge in [0.05, 0.1) is 0 Å². The predicted octanol–water partition coefficient (Wildman–Crippen LogP) is 2.85. The molecule has 1 N–H and O–H groups in total. The van der Waals surface area contributed by atoms with Gasteiger partial charge in [-0.15, -0.1) is 0 Å². The highest BCUT2D eigenvalue weighted by atomic mass is 16.2. The Morgan fingerprint density at radius 3 is 2.88 bits per heavy atom. The highest BCUT2D eigenvalue weighted by molar-refractivity contribution is 5.55. The summed E-state index contributed by atoms with van der Waals surface area (Å²) in [6, 6.07) is 8.77. The fourth-order valence-electron chi connectivity index (χ4n) is 2.71. The number of unbranched alkanes of at least 4 members (excludes halogenated alkanes) is 2. The van der Waals surface area contributed by atoms with E-state index in [0.717, 1.165) is 25.3 Å². The van der Waals surface area contributed by atoms with Crippen LogP contribution in [0, 0.1) is 5.92 Å². The predicted molar refractivity (Wildman–Crippen MR) is 72.5 cm³/mol. The van der Waals surface area contributed by atoms with Crippen LogP contribution >= 0.6 is 0 Å². The summed E-state index contributed by atoms with van der Waals surface area (Å²) in [5.74, 6) is 0.753. The molecule has 1 atom stereocenters. The lowest BCUT2D eigenvalue weighted by Crippen LogP contribution is -2.35. The first-order valence-electron chi connectivity index (χ1n) is 6.75. The first-order valence-corrected chi connectivity index (χ1v) is 6.75. The number of nitrogens with zero attached hydrogens (tertiary/aromatic N) is 1. The van der Waals surface area contributed by atoms with Gasteiger partial charge >= 0.3 is 0 Å². The number of benzene rings is 1. The lowest BCUT2D eigenvalue weighted by molar-refractivity contribution is 0.283. The number of anilines is 1. The second kappa shape index (κ2) is 6.06. The van der Waals surface area contributed by atoms with Crippen molar-refractivity contribution < 1.29 is 5.11 Å². The zero-order chi connectivity index (χ0) is 12.1. The van der Waals surface area contributed by atoms with Crippen LogP contribution in [-0.4, -0.2) is 24.8 Å². The Balaban J connectivity index is 1.97.